The Morgan fingerprint density at radius 2 is 0.891 bits per heavy atom. The van der Waals surface area contributed by atoms with Crippen LogP contribution in [0.5, 0.6) is 23.0 Å². The first kappa shape index (κ1) is 48.0. The van der Waals surface area contributed by atoms with Crippen molar-refractivity contribution in [1.29, 1.82) is 0 Å². The molecule has 2 aromatic carbocycles. The predicted molar refractivity (Wildman–Crippen MR) is 226 cm³/mol. The van der Waals surface area contributed by atoms with Gasteiger partial charge < -0.3 is 30.3 Å². The lowest BCUT2D eigenvalue weighted by molar-refractivity contribution is 0.0681. The Labute approximate surface area is 330 Å². The molecule has 0 aliphatic heterocycles. The molecule has 302 valence electrons. The van der Waals surface area contributed by atoms with Crippen molar-refractivity contribution in [3.8, 4) is 23.0 Å². The monoisotopic (exact) mass is 758 g/mol. The molecular weight excluding hydrogens is 693 g/mol. The average Bonchev–Trinajstić information content (AvgIpc) is 3.07. The topological polar surface area (TPSA) is 145 Å². The number of rotatable bonds is 19. The zero-order chi connectivity index (χ0) is 41.8. The van der Waals surface area contributed by atoms with Crippen LogP contribution in [0.1, 0.15) is 150 Å². The predicted octanol–water partition coefficient (Wildman–Crippen LogP) is 12.4. The second-order valence-corrected chi connectivity index (χ2v) is 15.0. The molecule has 55 heavy (non-hydrogen) atoms. The largest absolute Gasteiger partial charge is 0.508 e. The van der Waals surface area contributed by atoms with Crippen LogP contribution in [0.2, 0.25) is 0 Å². The summed E-state index contributed by atoms with van der Waals surface area (Å²) < 4.78 is 5.34. The Bertz CT molecular complexity index is 1810. The maximum atomic E-state index is 11.4. The minimum Gasteiger partial charge on any atom is -0.508 e. The van der Waals surface area contributed by atoms with Crippen molar-refractivity contribution >= 4 is 11.9 Å². The molecule has 0 unspecified atom stereocenters. The van der Waals surface area contributed by atoms with E-state index in [4.69, 9.17) is 4.74 Å². The van der Waals surface area contributed by atoms with Gasteiger partial charge in [0.25, 0.3) is 0 Å². The SMILES string of the molecule is CC(C)=CCC/C(C)=C/CC/C(C)=C/Cc1c(O)cc(C)c(C(=O)O)c1O.COc1cc(C)c(C(=O)O)c(O)c1C/C=C(\C)CC/C=C(\C)CCC=C(C)C. The third-order valence-corrected chi connectivity index (χ3v) is 9.34. The number of aromatic hydroxyl groups is 3. The van der Waals surface area contributed by atoms with E-state index in [-0.39, 0.29) is 33.9 Å². The van der Waals surface area contributed by atoms with Gasteiger partial charge in [-0.3, -0.25) is 0 Å². The Kier molecular flexibility index (Phi) is 21.3. The first-order chi connectivity index (χ1) is 25.8. The van der Waals surface area contributed by atoms with Crippen molar-refractivity contribution in [2.75, 3.05) is 7.11 Å². The smallest absolute Gasteiger partial charge is 0.339 e. The number of carbonyl (C=O) groups is 2. The van der Waals surface area contributed by atoms with Crippen molar-refractivity contribution < 1.29 is 39.9 Å². The summed E-state index contributed by atoms with van der Waals surface area (Å²) in [5.41, 5.74) is 9.20. The van der Waals surface area contributed by atoms with Gasteiger partial charge in [0.2, 0.25) is 0 Å². The zero-order valence-corrected chi connectivity index (χ0v) is 35.2. The second kappa shape index (κ2) is 24.4. The number of carboxylic acids is 2. The summed E-state index contributed by atoms with van der Waals surface area (Å²) in [7, 11) is 1.53. The summed E-state index contributed by atoms with van der Waals surface area (Å²) in [6.07, 6.45) is 21.8. The van der Waals surface area contributed by atoms with Crippen molar-refractivity contribution in [2.45, 2.75) is 133 Å². The maximum Gasteiger partial charge on any atom is 0.339 e. The lowest BCUT2D eigenvalue weighted by Gasteiger charge is -2.14. The van der Waals surface area contributed by atoms with Crippen molar-refractivity contribution in [3.63, 3.8) is 0 Å². The van der Waals surface area contributed by atoms with Gasteiger partial charge in [-0.1, -0.05) is 69.9 Å². The molecule has 8 nitrogen and oxygen atoms in total. The molecule has 0 heterocycles. The minimum absolute atomic E-state index is 0.0585. The molecule has 0 atom stereocenters. The summed E-state index contributed by atoms with van der Waals surface area (Å²) in [6, 6.07) is 3.06. The first-order valence-electron chi connectivity index (χ1n) is 19.1. The molecule has 8 heteroatoms. The Hall–Kier alpha value is -4.98. The van der Waals surface area contributed by atoms with E-state index in [9.17, 15) is 35.1 Å². The lowest BCUT2D eigenvalue weighted by Crippen LogP contribution is -2.04. The quantitative estimate of drug-likeness (QED) is 0.0890. The van der Waals surface area contributed by atoms with Crippen LogP contribution in [-0.2, 0) is 12.8 Å². The Morgan fingerprint density at radius 3 is 1.27 bits per heavy atom. The molecule has 0 fully saturated rings. The van der Waals surface area contributed by atoms with Gasteiger partial charge in [0.05, 0.1) is 7.11 Å². The van der Waals surface area contributed by atoms with Gasteiger partial charge in [-0.25, -0.2) is 9.59 Å². The van der Waals surface area contributed by atoms with Crippen LogP contribution in [0.4, 0.5) is 0 Å². The van der Waals surface area contributed by atoms with Crippen LogP contribution in [0.25, 0.3) is 0 Å². The van der Waals surface area contributed by atoms with Crippen molar-refractivity contribution in [2.24, 2.45) is 0 Å². The fraction of sp³-hybridized carbons (Fsp3) is 0.447. The molecule has 0 spiro atoms. The molecule has 2 rings (SSSR count). The van der Waals surface area contributed by atoms with E-state index in [0.29, 0.717) is 35.3 Å². The van der Waals surface area contributed by atoms with Gasteiger partial charge in [0, 0.05) is 11.1 Å². The summed E-state index contributed by atoms with van der Waals surface area (Å²) >= 11 is 0. The molecule has 0 aliphatic rings. The van der Waals surface area contributed by atoms with Crippen LogP contribution >= 0.6 is 0 Å². The van der Waals surface area contributed by atoms with E-state index < -0.39 is 11.9 Å². The number of hydrogen-bond donors (Lipinski definition) is 5. The average molecular weight is 759 g/mol. The highest BCUT2D eigenvalue weighted by atomic mass is 16.5. The number of phenols is 3. The number of carboxylic acid groups (broad SMARTS) is 2. The molecule has 0 radical (unpaired) electrons. The Morgan fingerprint density at radius 1 is 0.545 bits per heavy atom. The van der Waals surface area contributed by atoms with Gasteiger partial charge in [-0.05, 0) is 157 Å². The molecular formula is C47H66O8. The van der Waals surface area contributed by atoms with Crippen molar-refractivity contribution in [3.05, 3.63) is 115 Å². The molecule has 0 amide bonds. The molecule has 0 bridgehead atoms. The standard InChI is InChI=1S/C24H34O4.C23H32O4/c1-16(2)9-7-10-17(3)11-8-12-18(4)13-14-20-21(28-6)15-19(5)22(23(20)25)24(26)27;1-15(2)8-6-9-16(3)10-7-11-17(4)12-13-19-20(24)14-18(5)21(22(19)25)23(26)27/h9,11,13,15,25H,7-8,10,12,14H2,1-6H3,(H,26,27);8,10,12,14,24-25H,6-7,9,11,13H2,1-5H3,(H,26,27)/b17-11+,18-13+;16-10+,17-12+. The summed E-state index contributed by atoms with van der Waals surface area (Å²) in [5, 5.41) is 49.3. The van der Waals surface area contributed by atoms with Gasteiger partial charge in [0.1, 0.15) is 34.1 Å². The van der Waals surface area contributed by atoms with Crippen molar-refractivity contribution in [1.82, 2.24) is 0 Å². The molecule has 0 saturated heterocycles. The Balaban J connectivity index is 0.000000550. The van der Waals surface area contributed by atoms with Gasteiger partial charge in [-0.2, -0.15) is 0 Å². The normalized spacial score (nSPS) is 12.1. The van der Waals surface area contributed by atoms with E-state index in [2.05, 4.69) is 72.8 Å². The van der Waals surface area contributed by atoms with Crippen LogP contribution < -0.4 is 4.74 Å². The van der Waals surface area contributed by atoms with E-state index in [0.717, 1.165) is 56.9 Å². The summed E-state index contributed by atoms with van der Waals surface area (Å²) in [6.45, 7) is 20.0. The third kappa shape index (κ3) is 17.4. The van der Waals surface area contributed by atoms with Gasteiger partial charge in [-0.15, -0.1) is 0 Å². The van der Waals surface area contributed by atoms with Crippen LogP contribution in [-0.4, -0.2) is 44.6 Å². The van der Waals surface area contributed by atoms with E-state index in [1.54, 1.807) is 19.9 Å². The van der Waals surface area contributed by atoms with E-state index >= 15 is 0 Å². The minimum atomic E-state index is -1.19. The maximum absolute atomic E-state index is 11.4. The highest BCUT2D eigenvalue weighted by Crippen LogP contribution is 2.36. The molecule has 0 aromatic heterocycles. The number of benzene rings is 2. The number of aryl methyl sites for hydroxylation is 2. The number of ether oxygens (including phenoxy) is 1. The van der Waals surface area contributed by atoms with Crippen LogP contribution in [0.15, 0.2) is 82.0 Å². The van der Waals surface area contributed by atoms with Crippen LogP contribution in [0.3, 0.4) is 0 Å². The molecule has 2 aromatic rings. The number of phenolic OH excluding ortho intramolecular Hbond substituents is 1. The fourth-order valence-electron chi connectivity index (χ4n) is 5.98. The third-order valence-electron chi connectivity index (χ3n) is 9.34. The van der Waals surface area contributed by atoms with Gasteiger partial charge >= 0.3 is 11.9 Å². The lowest BCUT2D eigenvalue weighted by atomic mass is 9.98. The molecule has 0 saturated carbocycles. The van der Waals surface area contributed by atoms with Crippen LogP contribution in [0, 0.1) is 13.8 Å². The highest BCUT2D eigenvalue weighted by molar-refractivity contribution is 5.94. The highest BCUT2D eigenvalue weighted by Gasteiger charge is 2.21. The fourth-order valence-corrected chi connectivity index (χ4v) is 5.98. The second-order valence-electron chi connectivity index (χ2n) is 15.0. The number of methoxy groups -OCH3 is 1. The molecule has 5 N–H and O–H groups in total. The van der Waals surface area contributed by atoms with E-state index in [1.807, 2.05) is 19.1 Å². The van der Waals surface area contributed by atoms with E-state index in [1.165, 1.54) is 41.0 Å². The number of aromatic carboxylic acids is 2. The number of allylic oxidation sites excluding steroid dienone is 12. The summed E-state index contributed by atoms with van der Waals surface area (Å²) in [4.78, 5) is 22.7. The number of hydrogen-bond acceptors (Lipinski definition) is 6. The molecule has 0 aliphatic carbocycles. The summed E-state index contributed by atoms with van der Waals surface area (Å²) in [5.74, 6) is -2.44. The van der Waals surface area contributed by atoms with Gasteiger partial charge in [0.15, 0.2) is 0 Å². The zero-order valence-electron chi connectivity index (χ0n) is 35.2. The first-order valence-corrected chi connectivity index (χ1v) is 19.1.